The molecule has 3 aromatic heterocycles. The lowest BCUT2D eigenvalue weighted by Crippen LogP contribution is -2.41. The highest BCUT2D eigenvalue weighted by Gasteiger charge is 2.16. The van der Waals surface area contributed by atoms with Crippen LogP contribution in [-0.2, 0) is 6.42 Å². The summed E-state index contributed by atoms with van der Waals surface area (Å²) in [4.78, 5) is 21.7. The van der Waals surface area contributed by atoms with E-state index >= 15 is 0 Å². The number of carbonyl (C=O) groups excluding carboxylic acids is 1. The number of aromatic amines is 1. The minimum absolute atomic E-state index is 0.159. The lowest BCUT2D eigenvalue weighted by atomic mass is 10.1. The Hall–Kier alpha value is -3.03. The standard InChI is InChI=1S/C21H19FN4OS/c22-14-3-1-13(2-4-14)11-15(12-23)26-21(27)19-6-5-18(28-19)16-7-9-24-20-17(16)8-10-25-20/h1-10,15H,11-12,23H2,(H,24,25)(H,26,27)/t15-/m0/s1. The molecule has 0 aliphatic rings. The van der Waals surface area contributed by atoms with Gasteiger partial charge >= 0.3 is 0 Å². The van der Waals surface area contributed by atoms with Crippen LogP contribution in [0.15, 0.2) is 60.9 Å². The third-order valence-electron chi connectivity index (χ3n) is 4.57. The second-order valence-electron chi connectivity index (χ2n) is 6.50. The molecule has 0 aliphatic heterocycles. The molecular weight excluding hydrogens is 375 g/mol. The number of hydrogen-bond donors (Lipinski definition) is 3. The van der Waals surface area contributed by atoms with E-state index in [4.69, 9.17) is 5.73 Å². The number of hydrogen-bond acceptors (Lipinski definition) is 4. The molecule has 0 saturated heterocycles. The molecule has 4 aromatic rings. The fourth-order valence-electron chi connectivity index (χ4n) is 3.14. The average molecular weight is 394 g/mol. The molecular formula is C21H19FN4OS. The average Bonchev–Trinajstić information content (AvgIpc) is 3.38. The summed E-state index contributed by atoms with van der Waals surface area (Å²) in [7, 11) is 0. The van der Waals surface area contributed by atoms with Crippen LogP contribution in [0.3, 0.4) is 0 Å². The summed E-state index contributed by atoms with van der Waals surface area (Å²) >= 11 is 1.43. The number of fused-ring (bicyclic) bond motifs is 1. The molecule has 1 atom stereocenters. The van der Waals surface area contributed by atoms with Gasteiger partial charge in [0.05, 0.1) is 4.88 Å². The van der Waals surface area contributed by atoms with Crippen molar-refractivity contribution in [1.82, 2.24) is 15.3 Å². The largest absolute Gasteiger partial charge is 0.347 e. The van der Waals surface area contributed by atoms with Crippen molar-refractivity contribution in [2.45, 2.75) is 12.5 Å². The fourth-order valence-corrected chi connectivity index (χ4v) is 4.08. The molecule has 0 saturated carbocycles. The first kappa shape index (κ1) is 18.3. The van der Waals surface area contributed by atoms with E-state index in [0.717, 1.165) is 27.0 Å². The predicted octanol–water partition coefficient (Wildman–Crippen LogP) is 3.73. The predicted molar refractivity (Wildman–Crippen MR) is 110 cm³/mol. The number of amides is 1. The third kappa shape index (κ3) is 3.81. The van der Waals surface area contributed by atoms with Crippen molar-refractivity contribution in [1.29, 1.82) is 0 Å². The van der Waals surface area contributed by atoms with Crippen LogP contribution in [0.25, 0.3) is 21.5 Å². The zero-order valence-electron chi connectivity index (χ0n) is 15.0. The van der Waals surface area contributed by atoms with Gasteiger partial charge in [0.25, 0.3) is 5.91 Å². The molecule has 5 nitrogen and oxygen atoms in total. The van der Waals surface area contributed by atoms with Crippen LogP contribution in [0.5, 0.6) is 0 Å². The van der Waals surface area contributed by atoms with Gasteiger partial charge in [-0.05, 0) is 48.4 Å². The summed E-state index contributed by atoms with van der Waals surface area (Å²) in [6.07, 6.45) is 4.15. The van der Waals surface area contributed by atoms with Gasteiger partial charge in [0.15, 0.2) is 0 Å². The number of pyridine rings is 1. The van der Waals surface area contributed by atoms with E-state index in [9.17, 15) is 9.18 Å². The lowest BCUT2D eigenvalue weighted by molar-refractivity contribution is 0.0942. The molecule has 3 heterocycles. The number of nitrogens with two attached hydrogens (primary N) is 1. The van der Waals surface area contributed by atoms with Gasteiger partial charge in [0.2, 0.25) is 0 Å². The molecule has 0 spiro atoms. The van der Waals surface area contributed by atoms with Crippen LogP contribution in [0.2, 0.25) is 0 Å². The minimum atomic E-state index is -0.282. The number of thiophene rings is 1. The topological polar surface area (TPSA) is 83.8 Å². The highest BCUT2D eigenvalue weighted by Crippen LogP contribution is 2.32. The maximum absolute atomic E-state index is 13.1. The van der Waals surface area contributed by atoms with Gasteiger partial charge in [-0.15, -0.1) is 11.3 Å². The Morgan fingerprint density at radius 2 is 2.00 bits per heavy atom. The number of aromatic nitrogens is 2. The van der Waals surface area contributed by atoms with Gasteiger partial charge in [-0.3, -0.25) is 4.79 Å². The van der Waals surface area contributed by atoms with Crippen LogP contribution in [0.4, 0.5) is 4.39 Å². The second-order valence-corrected chi connectivity index (χ2v) is 7.58. The lowest BCUT2D eigenvalue weighted by Gasteiger charge is -2.16. The highest BCUT2D eigenvalue weighted by molar-refractivity contribution is 7.17. The van der Waals surface area contributed by atoms with Crippen LogP contribution in [0.1, 0.15) is 15.2 Å². The SMILES string of the molecule is NC[C@H](Cc1ccc(F)cc1)NC(=O)c1ccc(-c2ccnc3[nH]ccc23)s1. The van der Waals surface area contributed by atoms with Gasteiger partial charge in [-0.25, -0.2) is 9.37 Å². The quantitative estimate of drug-likeness (QED) is 0.466. The van der Waals surface area contributed by atoms with Crippen LogP contribution >= 0.6 is 11.3 Å². The maximum atomic E-state index is 13.1. The number of carbonyl (C=O) groups is 1. The number of nitrogens with zero attached hydrogens (tertiary/aromatic N) is 1. The molecule has 0 radical (unpaired) electrons. The molecule has 0 fully saturated rings. The van der Waals surface area contributed by atoms with E-state index in [1.165, 1.54) is 23.5 Å². The Balaban J connectivity index is 1.49. The molecule has 1 aromatic carbocycles. The normalized spacial score (nSPS) is 12.2. The Kier molecular flexibility index (Phi) is 5.18. The Morgan fingerprint density at radius 3 is 2.79 bits per heavy atom. The maximum Gasteiger partial charge on any atom is 0.261 e. The first-order valence-corrected chi connectivity index (χ1v) is 9.73. The molecule has 4 rings (SSSR count). The van der Waals surface area contributed by atoms with Crippen molar-refractivity contribution >= 4 is 28.3 Å². The van der Waals surface area contributed by atoms with Crippen molar-refractivity contribution < 1.29 is 9.18 Å². The number of nitrogens with one attached hydrogen (secondary N) is 2. The van der Waals surface area contributed by atoms with Crippen LogP contribution in [-0.4, -0.2) is 28.5 Å². The first-order valence-electron chi connectivity index (χ1n) is 8.91. The van der Waals surface area contributed by atoms with Crippen molar-refractivity contribution in [2.24, 2.45) is 5.73 Å². The molecule has 0 bridgehead atoms. The summed E-state index contributed by atoms with van der Waals surface area (Å²) < 4.78 is 13.1. The zero-order valence-corrected chi connectivity index (χ0v) is 15.8. The smallest absolute Gasteiger partial charge is 0.261 e. The number of rotatable bonds is 6. The highest BCUT2D eigenvalue weighted by atomic mass is 32.1. The Morgan fingerprint density at radius 1 is 1.18 bits per heavy atom. The zero-order chi connectivity index (χ0) is 19.5. The van der Waals surface area contributed by atoms with E-state index in [2.05, 4.69) is 15.3 Å². The molecule has 4 N–H and O–H groups in total. The van der Waals surface area contributed by atoms with Crippen molar-refractivity contribution in [3.05, 3.63) is 77.2 Å². The van der Waals surface area contributed by atoms with Crippen molar-refractivity contribution in [3.63, 3.8) is 0 Å². The Bertz CT molecular complexity index is 1100. The van der Waals surface area contributed by atoms with E-state index in [0.29, 0.717) is 17.8 Å². The van der Waals surface area contributed by atoms with Gasteiger partial charge in [-0.2, -0.15) is 0 Å². The summed E-state index contributed by atoms with van der Waals surface area (Å²) in [5.41, 5.74) is 8.61. The van der Waals surface area contributed by atoms with Gasteiger partial charge in [-0.1, -0.05) is 12.1 Å². The number of halogens is 1. The Labute approximate surface area is 165 Å². The molecule has 0 unspecified atom stereocenters. The molecule has 7 heteroatoms. The van der Waals surface area contributed by atoms with Crippen molar-refractivity contribution in [2.75, 3.05) is 6.54 Å². The van der Waals surface area contributed by atoms with Crippen LogP contribution < -0.4 is 11.1 Å². The summed E-state index contributed by atoms with van der Waals surface area (Å²) in [5.74, 6) is -0.441. The van der Waals surface area contributed by atoms with E-state index in [1.807, 2.05) is 30.5 Å². The molecule has 28 heavy (non-hydrogen) atoms. The van der Waals surface area contributed by atoms with Gasteiger partial charge in [0.1, 0.15) is 11.5 Å². The molecule has 142 valence electrons. The summed E-state index contributed by atoms with van der Waals surface area (Å²) in [5, 5.41) is 4.00. The van der Waals surface area contributed by atoms with E-state index in [-0.39, 0.29) is 17.8 Å². The molecule has 0 aliphatic carbocycles. The minimum Gasteiger partial charge on any atom is -0.347 e. The first-order chi connectivity index (χ1) is 13.6. The second kappa shape index (κ2) is 7.92. The number of H-pyrrole nitrogens is 1. The summed E-state index contributed by atoms with van der Waals surface area (Å²) in [6, 6.07) is 13.7. The van der Waals surface area contributed by atoms with E-state index in [1.54, 1.807) is 18.3 Å². The number of benzene rings is 1. The fraction of sp³-hybridized carbons (Fsp3) is 0.143. The van der Waals surface area contributed by atoms with Gasteiger partial charge < -0.3 is 16.0 Å². The summed E-state index contributed by atoms with van der Waals surface area (Å²) in [6.45, 7) is 0.301. The van der Waals surface area contributed by atoms with Crippen molar-refractivity contribution in [3.8, 4) is 10.4 Å². The third-order valence-corrected chi connectivity index (χ3v) is 5.69. The van der Waals surface area contributed by atoms with Gasteiger partial charge in [0, 0.05) is 40.8 Å². The van der Waals surface area contributed by atoms with E-state index < -0.39 is 0 Å². The monoisotopic (exact) mass is 394 g/mol. The molecule has 1 amide bonds. The van der Waals surface area contributed by atoms with Crippen LogP contribution in [0, 0.1) is 5.82 Å².